The number of carbonyl (C=O) groups excluding carboxylic acids is 1. The van der Waals surface area contributed by atoms with Gasteiger partial charge in [-0.15, -0.1) is 0 Å². The molecule has 0 aliphatic carbocycles. The Morgan fingerprint density at radius 2 is 1.67 bits per heavy atom. The van der Waals surface area contributed by atoms with Crippen molar-refractivity contribution in [2.75, 3.05) is 6.61 Å². The second kappa shape index (κ2) is 6.93. The van der Waals surface area contributed by atoms with E-state index in [-0.39, 0.29) is 0 Å². The van der Waals surface area contributed by atoms with Crippen molar-refractivity contribution in [3.05, 3.63) is 58.7 Å². The summed E-state index contributed by atoms with van der Waals surface area (Å²) < 4.78 is 11.4. The van der Waals surface area contributed by atoms with Gasteiger partial charge in [-0.1, -0.05) is 29.3 Å². The molecule has 0 unspecified atom stereocenters. The standard InChI is InChI=1S/C18H20O3/c1-4-20-18-10-15(11-19)5-6-17(18)21-12-16-8-13(2)7-14(3)9-16/h5-11H,4,12H2,1-3H3. The van der Waals surface area contributed by atoms with E-state index in [2.05, 4.69) is 32.0 Å². The Morgan fingerprint density at radius 1 is 0.952 bits per heavy atom. The molecule has 0 saturated heterocycles. The van der Waals surface area contributed by atoms with Gasteiger partial charge in [0.05, 0.1) is 6.61 Å². The Kier molecular flexibility index (Phi) is 4.99. The molecule has 0 heterocycles. The first-order valence-corrected chi connectivity index (χ1v) is 7.04. The van der Waals surface area contributed by atoms with Gasteiger partial charge in [-0.2, -0.15) is 0 Å². The Bertz CT molecular complexity index is 612. The molecule has 2 aromatic carbocycles. The third-order valence-electron chi connectivity index (χ3n) is 3.08. The summed E-state index contributed by atoms with van der Waals surface area (Å²) in [6.07, 6.45) is 0.802. The van der Waals surface area contributed by atoms with Crippen molar-refractivity contribution in [2.45, 2.75) is 27.4 Å². The summed E-state index contributed by atoms with van der Waals surface area (Å²) in [5.41, 5.74) is 4.14. The van der Waals surface area contributed by atoms with Crippen molar-refractivity contribution in [2.24, 2.45) is 0 Å². The second-order valence-corrected chi connectivity index (χ2v) is 5.04. The van der Waals surface area contributed by atoms with Gasteiger partial charge in [0, 0.05) is 5.56 Å². The van der Waals surface area contributed by atoms with Gasteiger partial charge < -0.3 is 9.47 Å². The highest BCUT2D eigenvalue weighted by Crippen LogP contribution is 2.29. The summed E-state index contributed by atoms with van der Waals surface area (Å²) >= 11 is 0. The largest absolute Gasteiger partial charge is 0.490 e. The summed E-state index contributed by atoms with van der Waals surface area (Å²) in [5.74, 6) is 1.26. The summed E-state index contributed by atoms with van der Waals surface area (Å²) in [7, 11) is 0. The summed E-state index contributed by atoms with van der Waals surface area (Å²) in [6, 6.07) is 11.5. The molecule has 0 saturated carbocycles. The topological polar surface area (TPSA) is 35.5 Å². The second-order valence-electron chi connectivity index (χ2n) is 5.04. The summed E-state index contributed by atoms with van der Waals surface area (Å²) in [6.45, 7) is 7.05. The first-order chi connectivity index (χ1) is 10.1. The van der Waals surface area contributed by atoms with Crippen LogP contribution in [0.3, 0.4) is 0 Å². The number of ether oxygens (including phenoxy) is 2. The average Bonchev–Trinajstić information content (AvgIpc) is 2.45. The van der Waals surface area contributed by atoms with Gasteiger partial charge in [0.25, 0.3) is 0 Å². The average molecular weight is 284 g/mol. The lowest BCUT2D eigenvalue weighted by atomic mass is 10.1. The van der Waals surface area contributed by atoms with Crippen molar-refractivity contribution in [1.82, 2.24) is 0 Å². The maximum atomic E-state index is 10.8. The molecule has 0 radical (unpaired) electrons. The highest BCUT2D eigenvalue weighted by atomic mass is 16.5. The van der Waals surface area contributed by atoms with Gasteiger partial charge in [0.1, 0.15) is 12.9 Å². The van der Waals surface area contributed by atoms with E-state index in [0.717, 1.165) is 11.8 Å². The minimum Gasteiger partial charge on any atom is -0.490 e. The van der Waals surface area contributed by atoms with Crippen LogP contribution in [0.1, 0.15) is 34.0 Å². The van der Waals surface area contributed by atoms with Crippen LogP contribution in [-0.2, 0) is 6.61 Å². The Hall–Kier alpha value is -2.29. The zero-order valence-electron chi connectivity index (χ0n) is 12.7. The SMILES string of the molecule is CCOc1cc(C=O)ccc1OCc1cc(C)cc(C)c1. The first-order valence-electron chi connectivity index (χ1n) is 7.04. The molecule has 0 aliphatic heterocycles. The molecule has 0 N–H and O–H groups in total. The number of benzene rings is 2. The van der Waals surface area contributed by atoms with Gasteiger partial charge in [-0.25, -0.2) is 0 Å². The minimum absolute atomic E-state index is 0.475. The molecule has 0 aliphatic rings. The van der Waals surface area contributed by atoms with Crippen molar-refractivity contribution in [1.29, 1.82) is 0 Å². The van der Waals surface area contributed by atoms with Crippen LogP contribution in [0.4, 0.5) is 0 Å². The number of hydrogen-bond acceptors (Lipinski definition) is 3. The molecule has 2 aromatic rings. The van der Waals surface area contributed by atoms with Crippen LogP contribution in [0.15, 0.2) is 36.4 Å². The fraction of sp³-hybridized carbons (Fsp3) is 0.278. The predicted molar refractivity (Wildman–Crippen MR) is 83.2 cm³/mol. The lowest BCUT2D eigenvalue weighted by Crippen LogP contribution is -2.01. The van der Waals surface area contributed by atoms with E-state index in [4.69, 9.17) is 9.47 Å². The van der Waals surface area contributed by atoms with Crippen molar-refractivity contribution in [3.8, 4) is 11.5 Å². The maximum absolute atomic E-state index is 10.8. The highest BCUT2D eigenvalue weighted by Gasteiger charge is 2.07. The minimum atomic E-state index is 0.475. The molecular formula is C18H20O3. The Balaban J connectivity index is 2.16. The quantitative estimate of drug-likeness (QED) is 0.749. The lowest BCUT2D eigenvalue weighted by molar-refractivity contribution is 0.112. The van der Waals surface area contributed by atoms with E-state index in [9.17, 15) is 4.79 Å². The van der Waals surface area contributed by atoms with Gasteiger partial charge >= 0.3 is 0 Å². The molecular weight excluding hydrogens is 264 g/mol. The zero-order valence-corrected chi connectivity index (χ0v) is 12.7. The van der Waals surface area contributed by atoms with Crippen LogP contribution in [0.2, 0.25) is 0 Å². The zero-order chi connectivity index (χ0) is 15.2. The van der Waals surface area contributed by atoms with E-state index in [1.165, 1.54) is 11.1 Å². The fourth-order valence-corrected chi connectivity index (χ4v) is 2.30. The number of rotatable bonds is 6. The summed E-state index contributed by atoms with van der Waals surface area (Å²) in [4.78, 5) is 10.8. The maximum Gasteiger partial charge on any atom is 0.161 e. The van der Waals surface area contributed by atoms with Crippen molar-refractivity contribution < 1.29 is 14.3 Å². The van der Waals surface area contributed by atoms with E-state index in [1.807, 2.05) is 6.92 Å². The number of hydrogen-bond donors (Lipinski definition) is 0. The molecule has 0 amide bonds. The molecule has 0 atom stereocenters. The molecule has 0 bridgehead atoms. The van der Waals surface area contributed by atoms with E-state index >= 15 is 0 Å². The first kappa shape index (κ1) is 15.1. The van der Waals surface area contributed by atoms with Crippen LogP contribution in [-0.4, -0.2) is 12.9 Å². The van der Waals surface area contributed by atoms with E-state index in [1.54, 1.807) is 18.2 Å². The lowest BCUT2D eigenvalue weighted by Gasteiger charge is -2.13. The van der Waals surface area contributed by atoms with Gasteiger partial charge in [-0.3, -0.25) is 4.79 Å². The fourth-order valence-electron chi connectivity index (χ4n) is 2.30. The van der Waals surface area contributed by atoms with E-state index < -0.39 is 0 Å². The van der Waals surface area contributed by atoms with Crippen LogP contribution in [0, 0.1) is 13.8 Å². The van der Waals surface area contributed by atoms with Gasteiger partial charge in [0.2, 0.25) is 0 Å². The molecule has 0 aromatic heterocycles. The molecule has 2 rings (SSSR count). The van der Waals surface area contributed by atoms with Gasteiger partial charge in [-0.05, 0) is 44.5 Å². The number of carbonyl (C=O) groups is 1. The third-order valence-corrected chi connectivity index (χ3v) is 3.08. The summed E-state index contributed by atoms with van der Waals surface area (Å²) in [5, 5.41) is 0. The van der Waals surface area contributed by atoms with Crippen molar-refractivity contribution in [3.63, 3.8) is 0 Å². The van der Waals surface area contributed by atoms with Crippen molar-refractivity contribution >= 4 is 6.29 Å². The third kappa shape index (κ3) is 4.09. The number of aryl methyl sites for hydroxylation is 2. The molecule has 21 heavy (non-hydrogen) atoms. The predicted octanol–water partition coefficient (Wildman–Crippen LogP) is 4.09. The van der Waals surface area contributed by atoms with Crippen LogP contribution < -0.4 is 9.47 Å². The van der Waals surface area contributed by atoms with Crippen LogP contribution in [0.5, 0.6) is 11.5 Å². The van der Waals surface area contributed by atoms with Crippen LogP contribution in [0.25, 0.3) is 0 Å². The monoisotopic (exact) mass is 284 g/mol. The highest BCUT2D eigenvalue weighted by molar-refractivity contribution is 5.76. The molecule has 0 fully saturated rings. The van der Waals surface area contributed by atoms with Gasteiger partial charge in [0.15, 0.2) is 11.5 Å². The number of aldehydes is 1. The normalized spacial score (nSPS) is 10.2. The molecule has 0 spiro atoms. The Morgan fingerprint density at radius 3 is 2.29 bits per heavy atom. The molecule has 3 nitrogen and oxygen atoms in total. The van der Waals surface area contributed by atoms with Crippen LogP contribution >= 0.6 is 0 Å². The molecule has 3 heteroatoms. The van der Waals surface area contributed by atoms with E-state index in [0.29, 0.717) is 30.3 Å². The Labute approximate surface area is 125 Å². The smallest absolute Gasteiger partial charge is 0.161 e. The molecule has 110 valence electrons.